The minimum atomic E-state index is -0.112. The van der Waals surface area contributed by atoms with Crippen LogP contribution in [0.5, 0.6) is 0 Å². The van der Waals surface area contributed by atoms with E-state index in [9.17, 15) is 4.79 Å². The van der Waals surface area contributed by atoms with Crippen molar-refractivity contribution < 1.29 is 4.79 Å². The van der Waals surface area contributed by atoms with Crippen LogP contribution in [0, 0.1) is 5.92 Å². The first-order valence-electron chi connectivity index (χ1n) is 7.32. The van der Waals surface area contributed by atoms with E-state index in [-0.39, 0.29) is 5.91 Å². The predicted octanol–water partition coefficient (Wildman–Crippen LogP) is 2.32. The number of nitrogens with two attached hydrogens (primary N) is 1. The zero-order valence-corrected chi connectivity index (χ0v) is 12.4. The van der Waals surface area contributed by atoms with Gasteiger partial charge in [0.1, 0.15) is 0 Å². The zero-order valence-electron chi connectivity index (χ0n) is 12.4. The monoisotopic (exact) mass is 284 g/mol. The van der Waals surface area contributed by atoms with Gasteiger partial charge in [-0.1, -0.05) is 25.1 Å². The number of carbonyl (C=O) groups excluding carboxylic acids is 1. The molecule has 5 nitrogen and oxygen atoms in total. The van der Waals surface area contributed by atoms with Gasteiger partial charge in [0.25, 0.3) is 5.91 Å². The first kappa shape index (κ1) is 13.7. The van der Waals surface area contributed by atoms with Crippen molar-refractivity contribution in [1.29, 1.82) is 0 Å². The molecule has 0 spiro atoms. The van der Waals surface area contributed by atoms with Crippen molar-refractivity contribution in [2.45, 2.75) is 26.8 Å². The van der Waals surface area contributed by atoms with Crippen molar-refractivity contribution in [3.05, 3.63) is 41.7 Å². The van der Waals surface area contributed by atoms with Crippen LogP contribution in [0.4, 0.5) is 11.4 Å². The van der Waals surface area contributed by atoms with Crippen molar-refractivity contribution >= 4 is 17.3 Å². The second kappa shape index (κ2) is 5.24. The lowest BCUT2D eigenvalue weighted by Gasteiger charge is -2.32. The zero-order chi connectivity index (χ0) is 15.0. The highest BCUT2D eigenvalue weighted by molar-refractivity contribution is 6.08. The number of anilines is 2. The minimum absolute atomic E-state index is 0.112. The molecule has 21 heavy (non-hydrogen) atoms. The van der Waals surface area contributed by atoms with Crippen LogP contribution in [-0.4, -0.2) is 22.2 Å². The highest BCUT2D eigenvalue weighted by atomic mass is 16.2. The Labute approximate surface area is 124 Å². The molecule has 5 heteroatoms. The van der Waals surface area contributed by atoms with E-state index in [1.807, 2.05) is 30.0 Å². The number of rotatable bonds is 2. The smallest absolute Gasteiger partial charge is 0.280 e. The summed E-state index contributed by atoms with van der Waals surface area (Å²) in [5, 5.41) is 4.30. The summed E-state index contributed by atoms with van der Waals surface area (Å²) in [4.78, 5) is 14.6. The normalized spacial score (nSPS) is 17.6. The molecule has 2 aromatic rings. The number of amides is 1. The third kappa shape index (κ3) is 2.39. The summed E-state index contributed by atoms with van der Waals surface area (Å²) in [7, 11) is 0. The molecular weight excluding hydrogens is 264 g/mol. The Bertz CT molecular complexity index is 677. The Kier molecular flexibility index (Phi) is 3.41. The van der Waals surface area contributed by atoms with E-state index in [1.165, 1.54) is 5.56 Å². The third-order valence-electron chi connectivity index (χ3n) is 3.91. The second-order valence-electron chi connectivity index (χ2n) is 5.64. The number of nitrogen functional groups attached to an aromatic ring is 1. The number of hydrogen-bond donors (Lipinski definition) is 1. The maximum Gasteiger partial charge on any atom is 0.280 e. The Hall–Kier alpha value is -2.30. The summed E-state index contributed by atoms with van der Waals surface area (Å²) < 4.78 is 1.70. The summed E-state index contributed by atoms with van der Waals surface area (Å²) >= 11 is 0. The van der Waals surface area contributed by atoms with Crippen LogP contribution in [0.2, 0.25) is 0 Å². The van der Waals surface area contributed by atoms with Gasteiger partial charge in [-0.05, 0) is 30.9 Å². The van der Waals surface area contributed by atoms with Crippen LogP contribution in [-0.2, 0) is 13.0 Å². The second-order valence-corrected chi connectivity index (χ2v) is 5.64. The molecule has 1 aromatic carbocycles. The van der Waals surface area contributed by atoms with Crippen molar-refractivity contribution in [1.82, 2.24) is 9.78 Å². The van der Waals surface area contributed by atoms with Gasteiger partial charge in [0, 0.05) is 25.0 Å². The van der Waals surface area contributed by atoms with Crippen LogP contribution in [0.1, 0.15) is 29.9 Å². The van der Waals surface area contributed by atoms with Gasteiger partial charge in [-0.2, -0.15) is 5.10 Å². The number of benzene rings is 1. The molecule has 0 saturated carbocycles. The largest absolute Gasteiger partial charge is 0.396 e. The minimum Gasteiger partial charge on any atom is -0.396 e. The summed E-state index contributed by atoms with van der Waals surface area (Å²) in [5.74, 6) is 0.317. The lowest BCUT2D eigenvalue weighted by Crippen LogP contribution is -2.39. The SMILES string of the molecule is CCn1cc(N)c(C(=O)N2CC(C)Cc3ccccc32)n1. The number of nitrogens with zero attached hydrogens (tertiary/aromatic N) is 3. The Balaban J connectivity index is 1.99. The van der Waals surface area contributed by atoms with Crippen molar-refractivity contribution in [2.24, 2.45) is 5.92 Å². The topological polar surface area (TPSA) is 64.2 Å². The van der Waals surface area contributed by atoms with E-state index < -0.39 is 0 Å². The maximum atomic E-state index is 12.8. The molecule has 1 atom stereocenters. The van der Waals surface area contributed by atoms with Gasteiger partial charge in [-0.25, -0.2) is 0 Å². The molecule has 0 radical (unpaired) electrons. The highest BCUT2D eigenvalue weighted by Gasteiger charge is 2.29. The molecular formula is C16H20N4O. The van der Waals surface area contributed by atoms with Gasteiger partial charge in [0.15, 0.2) is 5.69 Å². The average Bonchev–Trinajstić information content (AvgIpc) is 2.86. The lowest BCUT2D eigenvalue weighted by molar-refractivity contribution is 0.0976. The van der Waals surface area contributed by atoms with E-state index >= 15 is 0 Å². The number of aryl methyl sites for hydroxylation is 1. The number of fused-ring (bicyclic) bond motifs is 1. The first-order chi connectivity index (χ1) is 10.1. The molecule has 1 aliphatic rings. The van der Waals surface area contributed by atoms with E-state index in [4.69, 9.17) is 5.73 Å². The summed E-state index contributed by atoms with van der Waals surface area (Å²) in [6.07, 6.45) is 2.71. The number of hydrogen-bond acceptors (Lipinski definition) is 3. The van der Waals surface area contributed by atoms with Crippen molar-refractivity contribution in [2.75, 3.05) is 17.2 Å². The van der Waals surface area contributed by atoms with Crippen molar-refractivity contribution in [3.8, 4) is 0 Å². The molecule has 1 unspecified atom stereocenters. The predicted molar refractivity (Wildman–Crippen MR) is 83.3 cm³/mol. The van der Waals surface area contributed by atoms with Crippen molar-refractivity contribution in [3.63, 3.8) is 0 Å². The molecule has 0 aliphatic carbocycles. The number of aromatic nitrogens is 2. The van der Waals surface area contributed by atoms with Gasteiger partial charge in [-0.15, -0.1) is 0 Å². The molecule has 1 aliphatic heterocycles. The van der Waals surface area contributed by atoms with Crippen LogP contribution < -0.4 is 10.6 Å². The molecule has 0 fully saturated rings. The van der Waals surface area contributed by atoms with Crippen LogP contribution >= 0.6 is 0 Å². The molecule has 2 heterocycles. The highest BCUT2D eigenvalue weighted by Crippen LogP contribution is 2.31. The molecule has 110 valence electrons. The maximum absolute atomic E-state index is 12.8. The molecule has 1 aromatic heterocycles. The Morgan fingerprint density at radius 2 is 2.19 bits per heavy atom. The fourth-order valence-corrected chi connectivity index (χ4v) is 2.88. The molecule has 2 N–H and O–H groups in total. The third-order valence-corrected chi connectivity index (χ3v) is 3.91. The molecule has 0 saturated heterocycles. The summed E-state index contributed by atoms with van der Waals surface area (Å²) in [6.45, 7) is 5.53. The van der Waals surface area contributed by atoms with Gasteiger partial charge in [0.2, 0.25) is 0 Å². The van der Waals surface area contributed by atoms with Gasteiger partial charge < -0.3 is 10.6 Å². The van der Waals surface area contributed by atoms with Gasteiger partial charge in [-0.3, -0.25) is 9.48 Å². The van der Waals surface area contributed by atoms with Crippen LogP contribution in [0.3, 0.4) is 0 Å². The Morgan fingerprint density at radius 3 is 2.90 bits per heavy atom. The molecule has 1 amide bonds. The van der Waals surface area contributed by atoms with Crippen LogP contribution in [0.25, 0.3) is 0 Å². The lowest BCUT2D eigenvalue weighted by atomic mass is 9.93. The van der Waals surface area contributed by atoms with Gasteiger partial charge in [0.05, 0.1) is 5.69 Å². The summed E-state index contributed by atoms with van der Waals surface area (Å²) in [5.41, 5.74) is 8.92. The van der Waals surface area contributed by atoms with E-state index in [0.717, 1.165) is 12.1 Å². The van der Waals surface area contributed by atoms with Crippen LogP contribution in [0.15, 0.2) is 30.5 Å². The first-order valence-corrected chi connectivity index (χ1v) is 7.32. The van der Waals surface area contributed by atoms with E-state index in [2.05, 4.69) is 18.1 Å². The Morgan fingerprint density at radius 1 is 1.43 bits per heavy atom. The quantitative estimate of drug-likeness (QED) is 0.920. The standard InChI is InChI=1S/C16H20N4O/c1-3-19-10-13(17)15(18-19)16(21)20-9-11(2)8-12-6-4-5-7-14(12)20/h4-7,10-11H,3,8-9,17H2,1-2H3. The number of para-hydroxylation sites is 1. The fraction of sp³-hybridized carbons (Fsp3) is 0.375. The molecule has 3 rings (SSSR count). The average molecular weight is 284 g/mol. The fourth-order valence-electron chi connectivity index (χ4n) is 2.88. The van der Waals surface area contributed by atoms with E-state index in [0.29, 0.717) is 30.4 Å². The summed E-state index contributed by atoms with van der Waals surface area (Å²) in [6, 6.07) is 8.05. The molecule has 0 bridgehead atoms. The number of carbonyl (C=O) groups is 1. The van der Waals surface area contributed by atoms with Gasteiger partial charge >= 0.3 is 0 Å². The van der Waals surface area contributed by atoms with E-state index in [1.54, 1.807) is 10.9 Å².